The molecule has 0 fully saturated rings. The fourth-order valence-corrected chi connectivity index (χ4v) is 6.15. The zero-order valence-corrected chi connectivity index (χ0v) is 17.5. The van der Waals surface area contributed by atoms with E-state index >= 15 is 0 Å². The number of hydrogen-bond donors (Lipinski definition) is 0. The monoisotopic (exact) mass is 376 g/mol. The molecule has 0 radical (unpaired) electrons. The third-order valence-electron chi connectivity index (χ3n) is 4.07. The molecule has 0 saturated carbocycles. The average molecular weight is 377 g/mol. The van der Waals surface area contributed by atoms with Gasteiger partial charge in [0.05, 0.1) is 7.11 Å². The van der Waals surface area contributed by atoms with Gasteiger partial charge in [0.2, 0.25) is 0 Å². The highest BCUT2D eigenvalue weighted by atomic mass is 28.4. The van der Waals surface area contributed by atoms with E-state index in [0.717, 1.165) is 16.5 Å². The third-order valence-corrected chi connectivity index (χ3v) is 9.43. The Morgan fingerprint density at radius 3 is 1.71 bits per heavy atom. The maximum Gasteiger partial charge on any atom is 0.536 e. The molecule has 1 aromatic rings. The van der Waals surface area contributed by atoms with Gasteiger partial charge in [-0.05, 0) is 24.1 Å². The number of benzene rings is 1. The van der Waals surface area contributed by atoms with Crippen molar-refractivity contribution in [2.24, 2.45) is 0 Å². The van der Waals surface area contributed by atoms with Crippen LogP contribution in [0.3, 0.4) is 0 Å². The van der Waals surface area contributed by atoms with Gasteiger partial charge in [-0.15, -0.1) is 0 Å². The molecule has 0 unspecified atom stereocenters. The van der Waals surface area contributed by atoms with Gasteiger partial charge in [0.15, 0.2) is 0 Å². The predicted molar refractivity (Wildman–Crippen MR) is 94.7 cm³/mol. The van der Waals surface area contributed by atoms with Crippen molar-refractivity contribution in [3.63, 3.8) is 0 Å². The Morgan fingerprint density at radius 1 is 0.750 bits per heavy atom. The zero-order valence-electron chi connectivity index (χ0n) is 15.5. The van der Waals surface area contributed by atoms with E-state index in [0.29, 0.717) is 12.5 Å². The minimum Gasteiger partial charge on any atom is -0.496 e. The second kappa shape index (κ2) is 9.63. The summed E-state index contributed by atoms with van der Waals surface area (Å²) < 4.78 is 38.6. The van der Waals surface area contributed by atoms with Crippen LogP contribution in [0.2, 0.25) is 6.04 Å². The molecule has 9 heteroatoms. The van der Waals surface area contributed by atoms with Gasteiger partial charge < -0.3 is 31.3 Å². The molecule has 0 heterocycles. The Labute approximate surface area is 146 Å². The second-order valence-electron chi connectivity index (χ2n) is 4.99. The first-order valence-corrected chi connectivity index (χ1v) is 11.1. The molecule has 0 saturated heterocycles. The summed E-state index contributed by atoms with van der Waals surface area (Å²) in [5.41, 5.74) is 0.987. The van der Waals surface area contributed by atoms with Crippen molar-refractivity contribution in [3.8, 4) is 5.75 Å². The predicted octanol–water partition coefficient (Wildman–Crippen LogP) is 1.20. The van der Waals surface area contributed by atoms with Crippen LogP contribution in [0.5, 0.6) is 5.75 Å². The molecule has 0 aliphatic carbocycles. The number of hydrogen-bond acceptors (Lipinski definition) is 7. The zero-order chi connectivity index (χ0) is 18.2. The Balaban J connectivity index is 3.15. The highest BCUT2D eigenvalue weighted by Gasteiger charge is 2.42. The summed E-state index contributed by atoms with van der Waals surface area (Å²) in [6, 6.07) is 6.40. The van der Waals surface area contributed by atoms with Crippen LogP contribution in [0.1, 0.15) is 5.56 Å². The van der Waals surface area contributed by atoms with E-state index in [9.17, 15) is 0 Å². The summed E-state index contributed by atoms with van der Waals surface area (Å²) in [6.45, 7) is 0. The molecule has 0 amide bonds. The fraction of sp³-hybridized carbons (Fsp3) is 0.600. The Bertz CT molecular complexity index is 488. The van der Waals surface area contributed by atoms with Crippen LogP contribution >= 0.6 is 0 Å². The van der Waals surface area contributed by atoms with Crippen molar-refractivity contribution in [1.29, 1.82) is 0 Å². The summed E-state index contributed by atoms with van der Waals surface area (Å²) in [5, 5.41) is 0.866. The molecular formula is C15H28O7Si2. The Hall–Kier alpha value is -0.786. The maximum absolute atomic E-state index is 5.55. The molecule has 138 valence electrons. The van der Waals surface area contributed by atoms with E-state index in [1.54, 1.807) is 49.8 Å². The lowest BCUT2D eigenvalue weighted by molar-refractivity contribution is 0.123. The summed E-state index contributed by atoms with van der Waals surface area (Å²) in [4.78, 5) is 0. The van der Waals surface area contributed by atoms with Crippen LogP contribution in [0.15, 0.2) is 18.2 Å². The van der Waals surface area contributed by atoms with Crippen molar-refractivity contribution in [2.45, 2.75) is 12.5 Å². The maximum atomic E-state index is 5.55. The van der Waals surface area contributed by atoms with E-state index < -0.39 is 17.6 Å². The smallest absolute Gasteiger partial charge is 0.496 e. The lowest BCUT2D eigenvalue weighted by atomic mass is 10.1. The molecule has 0 bridgehead atoms. The van der Waals surface area contributed by atoms with E-state index in [-0.39, 0.29) is 0 Å². The molecule has 1 rings (SSSR count). The first kappa shape index (κ1) is 21.3. The standard InChI is InChI=1S/C15H28O7Si2/c1-16-15-9-8-14(24(20-5,21-6)22-7)12-13(15)10-11-23(17-2,18-3)19-4/h8-9,12H,10-11H2,1-7H3. The highest BCUT2D eigenvalue weighted by molar-refractivity contribution is 6.75. The molecule has 24 heavy (non-hydrogen) atoms. The molecule has 0 N–H and O–H groups in total. The quantitative estimate of drug-likeness (QED) is 0.538. The van der Waals surface area contributed by atoms with E-state index in [2.05, 4.69) is 0 Å². The van der Waals surface area contributed by atoms with Crippen LogP contribution < -0.4 is 9.92 Å². The molecular weight excluding hydrogens is 348 g/mol. The number of methoxy groups -OCH3 is 1. The first-order valence-electron chi connectivity index (χ1n) is 7.48. The van der Waals surface area contributed by atoms with Crippen molar-refractivity contribution in [1.82, 2.24) is 0 Å². The summed E-state index contributed by atoms with van der Waals surface area (Å²) in [5.74, 6) is 0.774. The first-order chi connectivity index (χ1) is 11.5. The summed E-state index contributed by atoms with van der Waals surface area (Å²) >= 11 is 0. The number of aryl methyl sites for hydroxylation is 1. The van der Waals surface area contributed by atoms with Crippen molar-refractivity contribution >= 4 is 22.8 Å². The fourth-order valence-electron chi connectivity index (χ4n) is 2.61. The molecule has 0 aromatic heterocycles. The van der Waals surface area contributed by atoms with Gasteiger partial charge in [-0.3, -0.25) is 0 Å². The van der Waals surface area contributed by atoms with Crippen molar-refractivity contribution < 1.29 is 31.3 Å². The van der Waals surface area contributed by atoms with Crippen LogP contribution in [-0.4, -0.2) is 67.4 Å². The van der Waals surface area contributed by atoms with E-state index in [1.165, 1.54) is 0 Å². The minimum absolute atomic E-state index is 0.623. The molecule has 7 nitrogen and oxygen atoms in total. The van der Waals surface area contributed by atoms with Gasteiger partial charge in [-0.25, -0.2) is 0 Å². The lowest BCUT2D eigenvalue weighted by Gasteiger charge is -2.26. The van der Waals surface area contributed by atoms with Gasteiger partial charge in [0, 0.05) is 53.9 Å². The van der Waals surface area contributed by atoms with Crippen LogP contribution in [0.4, 0.5) is 0 Å². The molecule has 0 spiro atoms. The van der Waals surface area contributed by atoms with E-state index in [4.69, 9.17) is 31.3 Å². The normalized spacial score (nSPS) is 12.5. The highest BCUT2D eigenvalue weighted by Crippen LogP contribution is 2.24. The van der Waals surface area contributed by atoms with Crippen molar-refractivity contribution in [2.75, 3.05) is 49.8 Å². The largest absolute Gasteiger partial charge is 0.536 e. The topological polar surface area (TPSA) is 64.6 Å². The average Bonchev–Trinajstić information content (AvgIpc) is 2.65. The van der Waals surface area contributed by atoms with Gasteiger partial charge >= 0.3 is 17.6 Å². The molecule has 0 aliphatic rings. The number of rotatable bonds is 11. The molecule has 0 atom stereocenters. The Morgan fingerprint density at radius 2 is 1.29 bits per heavy atom. The van der Waals surface area contributed by atoms with Gasteiger partial charge in [0.25, 0.3) is 0 Å². The molecule has 1 aromatic carbocycles. The number of ether oxygens (including phenoxy) is 1. The van der Waals surface area contributed by atoms with Crippen LogP contribution in [-0.2, 0) is 33.0 Å². The Kier molecular flexibility index (Phi) is 8.53. The summed E-state index contributed by atoms with van der Waals surface area (Å²) in [7, 11) is 5.64. The minimum atomic E-state index is -2.90. The van der Waals surface area contributed by atoms with Crippen molar-refractivity contribution in [3.05, 3.63) is 23.8 Å². The van der Waals surface area contributed by atoms with Gasteiger partial charge in [0.1, 0.15) is 5.75 Å². The van der Waals surface area contributed by atoms with E-state index in [1.807, 2.05) is 18.2 Å². The van der Waals surface area contributed by atoms with Gasteiger partial charge in [-0.1, -0.05) is 6.07 Å². The van der Waals surface area contributed by atoms with Gasteiger partial charge in [-0.2, -0.15) is 0 Å². The second-order valence-corrected chi connectivity index (χ2v) is 11.0. The molecule has 0 aliphatic heterocycles. The summed E-state index contributed by atoms with van der Waals surface area (Å²) in [6.07, 6.45) is 0.667. The van der Waals surface area contributed by atoms with Crippen LogP contribution in [0, 0.1) is 0 Å². The SMILES string of the molecule is COc1ccc([Si](OC)(OC)OC)cc1CC[Si](OC)(OC)OC. The van der Waals surface area contributed by atoms with Crippen LogP contribution in [0.25, 0.3) is 0 Å². The third kappa shape index (κ3) is 4.43. The lowest BCUT2D eigenvalue weighted by Crippen LogP contribution is -2.54.